The summed E-state index contributed by atoms with van der Waals surface area (Å²) < 4.78 is 33.6. The molecule has 0 saturated heterocycles. The molecule has 1 N–H and O–H groups in total. The highest BCUT2D eigenvalue weighted by molar-refractivity contribution is 7.85. The third kappa shape index (κ3) is 11.5. The predicted molar refractivity (Wildman–Crippen MR) is 60.8 cm³/mol. The summed E-state index contributed by atoms with van der Waals surface area (Å²) in [5.41, 5.74) is 0. The Hall–Kier alpha value is -0.620. The summed E-state index contributed by atoms with van der Waals surface area (Å²) in [7, 11) is -4.03. The third-order valence-electron chi connectivity index (χ3n) is 2.09. The van der Waals surface area contributed by atoms with Crippen LogP contribution in [0.25, 0.3) is 0 Å². The van der Waals surface area contributed by atoms with Gasteiger partial charge in [0.15, 0.2) is 0 Å². The van der Waals surface area contributed by atoms with Crippen LogP contribution < -0.4 is 0 Å². The second-order valence-corrected chi connectivity index (χ2v) is 5.24. The SMILES string of the molecule is CCCCCCCC(=O)OCCS(=O)(=O)O. The molecule has 0 amide bonds. The fourth-order valence-electron chi connectivity index (χ4n) is 1.21. The largest absolute Gasteiger partial charge is 0.464 e. The molecule has 16 heavy (non-hydrogen) atoms. The van der Waals surface area contributed by atoms with Gasteiger partial charge >= 0.3 is 5.97 Å². The molecule has 0 heterocycles. The first-order valence-corrected chi connectivity index (χ1v) is 7.17. The Balaban J connectivity index is 3.38. The molecule has 0 rings (SSSR count). The van der Waals surface area contributed by atoms with Gasteiger partial charge < -0.3 is 4.74 Å². The Labute approximate surface area is 96.9 Å². The average molecular weight is 252 g/mol. The summed E-state index contributed by atoms with van der Waals surface area (Å²) in [4.78, 5) is 11.1. The van der Waals surface area contributed by atoms with Gasteiger partial charge in [-0.1, -0.05) is 32.6 Å². The number of rotatable bonds is 9. The lowest BCUT2D eigenvalue weighted by molar-refractivity contribution is -0.143. The molecule has 0 aliphatic carbocycles. The highest BCUT2D eigenvalue weighted by Gasteiger charge is 2.07. The number of unbranched alkanes of at least 4 members (excludes halogenated alkanes) is 4. The van der Waals surface area contributed by atoms with Crippen molar-refractivity contribution in [2.75, 3.05) is 12.4 Å². The zero-order valence-electron chi connectivity index (χ0n) is 9.65. The third-order valence-corrected chi connectivity index (χ3v) is 2.77. The van der Waals surface area contributed by atoms with Crippen LogP contribution in [0.5, 0.6) is 0 Å². The minimum Gasteiger partial charge on any atom is -0.464 e. The van der Waals surface area contributed by atoms with Crippen LogP contribution in [0.4, 0.5) is 0 Å². The zero-order valence-corrected chi connectivity index (χ0v) is 10.5. The molecule has 0 aromatic carbocycles. The molecule has 0 bridgehead atoms. The molecular formula is C10H20O5S. The van der Waals surface area contributed by atoms with Crippen molar-refractivity contribution >= 4 is 16.1 Å². The van der Waals surface area contributed by atoms with Gasteiger partial charge in [0.25, 0.3) is 10.1 Å². The van der Waals surface area contributed by atoms with Gasteiger partial charge in [0.2, 0.25) is 0 Å². The van der Waals surface area contributed by atoms with E-state index in [4.69, 9.17) is 4.55 Å². The molecule has 0 aromatic heterocycles. The molecule has 6 heteroatoms. The Bertz CT molecular complexity index is 284. The van der Waals surface area contributed by atoms with E-state index in [0.29, 0.717) is 6.42 Å². The van der Waals surface area contributed by atoms with Gasteiger partial charge in [0.1, 0.15) is 12.4 Å². The Kier molecular flexibility index (Phi) is 8.19. The highest BCUT2D eigenvalue weighted by Crippen LogP contribution is 2.05. The topological polar surface area (TPSA) is 80.7 Å². The lowest BCUT2D eigenvalue weighted by atomic mass is 10.1. The van der Waals surface area contributed by atoms with Crippen molar-refractivity contribution in [2.24, 2.45) is 0 Å². The smallest absolute Gasteiger partial charge is 0.305 e. The maximum atomic E-state index is 11.1. The summed E-state index contributed by atoms with van der Waals surface area (Å²) in [6, 6.07) is 0. The van der Waals surface area contributed by atoms with Crippen LogP contribution in [0.15, 0.2) is 0 Å². The second kappa shape index (κ2) is 8.52. The van der Waals surface area contributed by atoms with Gasteiger partial charge in [-0.25, -0.2) is 0 Å². The number of carbonyl (C=O) groups is 1. The molecule has 96 valence electrons. The van der Waals surface area contributed by atoms with Gasteiger partial charge in [-0.2, -0.15) is 8.42 Å². The highest BCUT2D eigenvalue weighted by atomic mass is 32.2. The summed E-state index contributed by atoms with van der Waals surface area (Å²) in [6.45, 7) is 1.84. The Morgan fingerprint density at radius 1 is 1.19 bits per heavy atom. The number of ether oxygens (including phenoxy) is 1. The van der Waals surface area contributed by atoms with E-state index < -0.39 is 21.8 Å². The van der Waals surface area contributed by atoms with Crippen LogP contribution in [0.3, 0.4) is 0 Å². The van der Waals surface area contributed by atoms with Gasteiger partial charge in [-0.3, -0.25) is 9.35 Å². The van der Waals surface area contributed by atoms with Crippen LogP contribution in [0.2, 0.25) is 0 Å². The molecule has 0 aliphatic heterocycles. The van der Waals surface area contributed by atoms with E-state index in [0.717, 1.165) is 32.1 Å². The lowest BCUT2D eigenvalue weighted by Crippen LogP contribution is -2.14. The summed E-state index contributed by atoms with van der Waals surface area (Å²) in [5, 5.41) is 0. The Morgan fingerprint density at radius 3 is 2.38 bits per heavy atom. The first-order chi connectivity index (χ1) is 7.45. The molecule has 0 saturated carbocycles. The summed E-state index contributed by atoms with van der Waals surface area (Å²) in [5.74, 6) is -0.936. The molecule has 5 nitrogen and oxygen atoms in total. The second-order valence-electron chi connectivity index (χ2n) is 3.67. The maximum absolute atomic E-state index is 11.1. The molecule has 0 aliphatic rings. The molecule has 0 atom stereocenters. The van der Waals surface area contributed by atoms with E-state index in [-0.39, 0.29) is 6.61 Å². The van der Waals surface area contributed by atoms with E-state index in [1.165, 1.54) is 0 Å². The van der Waals surface area contributed by atoms with Crippen LogP contribution in [0, 0.1) is 0 Å². The maximum Gasteiger partial charge on any atom is 0.305 e. The van der Waals surface area contributed by atoms with Gasteiger partial charge in [0, 0.05) is 6.42 Å². The average Bonchev–Trinajstić information content (AvgIpc) is 2.15. The van der Waals surface area contributed by atoms with E-state index in [1.807, 2.05) is 0 Å². The van der Waals surface area contributed by atoms with Crippen molar-refractivity contribution in [3.63, 3.8) is 0 Å². The fraction of sp³-hybridized carbons (Fsp3) is 0.900. The predicted octanol–water partition coefficient (Wildman–Crippen LogP) is 1.78. The summed E-state index contributed by atoms with van der Waals surface area (Å²) in [6.07, 6.45) is 5.49. The van der Waals surface area contributed by atoms with Gasteiger partial charge in [-0.15, -0.1) is 0 Å². The van der Waals surface area contributed by atoms with Crippen molar-refractivity contribution in [1.82, 2.24) is 0 Å². The van der Waals surface area contributed by atoms with E-state index in [2.05, 4.69) is 11.7 Å². The van der Waals surface area contributed by atoms with Crippen LogP contribution >= 0.6 is 0 Å². The standard InChI is InChI=1S/C10H20O5S/c1-2-3-4-5-6-7-10(11)15-8-9-16(12,13)14/h2-9H2,1H3,(H,12,13,14). The quantitative estimate of drug-likeness (QED) is 0.384. The van der Waals surface area contributed by atoms with E-state index in [9.17, 15) is 13.2 Å². The number of carbonyl (C=O) groups excluding carboxylic acids is 1. The first-order valence-electron chi connectivity index (χ1n) is 5.56. The molecule has 0 unspecified atom stereocenters. The van der Waals surface area contributed by atoms with Gasteiger partial charge in [-0.05, 0) is 6.42 Å². The molecule has 0 spiro atoms. The normalized spacial score (nSPS) is 11.4. The van der Waals surface area contributed by atoms with Crippen molar-refractivity contribution in [1.29, 1.82) is 0 Å². The zero-order chi connectivity index (χ0) is 12.4. The number of hydrogen-bond acceptors (Lipinski definition) is 4. The van der Waals surface area contributed by atoms with Crippen molar-refractivity contribution in [2.45, 2.75) is 45.4 Å². The number of esters is 1. The molecular weight excluding hydrogens is 232 g/mol. The minimum atomic E-state index is -4.03. The monoisotopic (exact) mass is 252 g/mol. The minimum absolute atomic E-state index is 0.271. The van der Waals surface area contributed by atoms with E-state index >= 15 is 0 Å². The molecule has 0 fully saturated rings. The van der Waals surface area contributed by atoms with Crippen LogP contribution in [-0.2, 0) is 19.6 Å². The Morgan fingerprint density at radius 2 is 1.81 bits per heavy atom. The van der Waals surface area contributed by atoms with Crippen molar-refractivity contribution in [3.05, 3.63) is 0 Å². The molecule has 0 radical (unpaired) electrons. The fourth-order valence-corrected chi connectivity index (χ4v) is 1.50. The van der Waals surface area contributed by atoms with Crippen molar-refractivity contribution < 1.29 is 22.5 Å². The van der Waals surface area contributed by atoms with E-state index in [1.54, 1.807) is 0 Å². The lowest BCUT2D eigenvalue weighted by Gasteiger charge is -2.03. The first kappa shape index (κ1) is 15.4. The van der Waals surface area contributed by atoms with Crippen LogP contribution in [-0.4, -0.2) is 31.3 Å². The summed E-state index contributed by atoms with van der Waals surface area (Å²) >= 11 is 0. The van der Waals surface area contributed by atoms with Crippen molar-refractivity contribution in [3.8, 4) is 0 Å². The van der Waals surface area contributed by atoms with Gasteiger partial charge in [0.05, 0.1) is 0 Å². The molecule has 0 aromatic rings. The van der Waals surface area contributed by atoms with Crippen LogP contribution in [0.1, 0.15) is 45.4 Å². The number of hydrogen-bond donors (Lipinski definition) is 1.